The van der Waals surface area contributed by atoms with Crippen molar-refractivity contribution in [1.29, 1.82) is 0 Å². The molecule has 0 aliphatic carbocycles. The van der Waals surface area contributed by atoms with Gasteiger partial charge >= 0.3 is 0 Å². The standard InChI is InChI=1S/C14H29N3S/c1-14(2,17-8-6-16(3)7-9-17)12-15-13-5-4-10-18-11-13/h13,15H,4-12H2,1-3H3. The molecule has 2 rings (SSSR count). The molecule has 0 aromatic carbocycles. The largest absolute Gasteiger partial charge is 0.311 e. The van der Waals surface area contributed by atoms with E-state index in [4.69, 9.17) is 0 Å². The molecule has 18 heavy (non-hydrogen) atoms. The number of nitrogens with zero attached hydrogens (tertiary/aromatic N) is 2. The number of thioether (sulfide) groups is 1. The van der Waals surface area contributed by atoms with Crippen LogP contribution in [0.25, 0.3) is 0 Å². The Morgan fingerprint density at radius 3 is 2.56 bits per heavy atom. The molecule has 0 aromatic rings. The molecule has 2 fully saturated rings. The first-order valence-electron chi connectivity index (χ1n) is 7.33. The highest BCUT2D eigenvalue weighted by atomic mass is 32.2. The van der Waals surface area contributed by atoms with Crippen LogP contribution in [-0.4, -0.2) is 72.7 Å². The summed E-state index contributed by atoms with van der Waals surface area (Å²) in [6.07, 6.45) is 2.75. The number of likely N-dealkylation sites (N-methyl/N-ethyl adjacent to an activating group) is 1. The molecular weight excluding hydrogens is 242 g/mol. The fraction of sp³-hybridized carbons (Fsp3) is 1.00. The van der Waals surface area contributed by atoms with Gasteiger partial charge in [-0.25, -0.2) is 0 Å². The number of rotatable bonds is 4. The monoisotopic (exact) mass is 271 g/mol. The molecule has 0 bridgehead atoms. The molecule has 1 unspecified atom stereocenters. The van der Waals surface area contributed by atoms with Gasteiger partial charge in [-0.2, -0.15) is 11.8 Å². The van der Waals surface area contributed by atoms with Gasteiger partial charge in [0.05, 0.1) is 0 Å². The predicted molar refractivity (Wildman–Crippen MR) is 81.5 cm³/mol. The van der Waals surface area contributed by atoms with Crippen molar-refractivity contribution in [2.75, 3.05) is 51.3 Å². The van der Waals surface area contributed by atoms with E-state index >= 15 is 0 Å². The lowest BCUT2D eigenvalue weighted by molar-refractivity contribution is 0.0603. The molecule has 4 heteroatoms. The van der Waals surface area contributed by atoms with E-state index < -0.39 is 0 Å². The molecule has 2 aliphatic rings. The minimum absolute atomic E-state index is 0.295. The zero-order valence-electron chi connectivity index (χ0n) is 12.2. The van der Waals surface area contributed by atoms with Gasteiger partial charge < -0.3 is 10.2 Å². The average Bonchev–Trinajstić information content (AvgIpc) is 2.38. The van der Waals surface area contributed by atoms with E-state index in [-0.39, 0.29) is 0 Å². The van der Waals surface area contributed by atoms with E-state index in [1.165, 1.54) is 50.5 Å². The maximum Gasteiger partial charge on any atom is 0.0278 e. The lowest BCUT2D eigenvalue weighted by Crippen LogP contribution is -2.58. The van der Waals surface area contributed by atoms with Crippen molar-refractivity contribution in [3.63, 3.8) is 0 Å². The van der Waals surface area contributed by atoms with Crippen molar-refractivity contribution in [3.8, 4) is 0 Å². The van der Waals surface area contributed by atoms with Crippen molar-refractivity contribution in [2.45, 2.75) is 38.3 Å². The third-order valence-corrected chi connectivity index (χ3v) is 5.56. The molecule has 0 spiro atoms. The van der Waals surface area contributed by atoms with E-state index in [1.54, 1.807) is 0 Å². The van der Waals surface area contributed by atoms with Crippen molar-refractivity contribution in [1.82, 2.24) is 15.1 Å². The van der Waals surface area contributed by atoms with Gasteiger partial charge in [0, 0.05) is 50.1 Å². The molecule has 1 atom stereocenters. The third-order valence-electron chi connectivity index (χ3n) is 4.34. The van der Waals surface area contributed by atoms with E-state index in [2.05, 4.69) is 47.8 Å². The van der Waals surface area contributed by atoms with E-state index in [9.17, 15) is 0 Å². The summed E-state index contributed by atoms with van der Waals surface area (Å²) in [5.74, 6) is 2.67. The smallest absolute Gasteiger partial charge is 0.0278 e. The lowest BCUT2D eigenvalue weighted by atomic mass is 10.0. The third kappa shape index (κ3) is 4.12. The zero-order chi connectivity index (χ0) is 13.0. The summed E-state index contributed by atoms with van der Waals surface area (Å²) in [4.78, 5) is 5.08. The van der Waals surface area contributed by atoms with Crippen LogP contribution in [0.5, 0.6) is 0 Å². The second-order valence-electron chi connectivity index (χ2n) is 6.40. The molecular formula is C14H29N3S. The molecule has 0 amide bonds. The summed E-state index contributed by atoms with van der Waals surface area (Å²) in [6.45, 7) is 10.8. The molecule has 0 radical (unpaired) electrons. The summed E-state index contributed by atoms with van der Waals surface area (Å²) in [6, 6.07) is 0.746. The molecule has 0 saturated carbocycles. The maximum atomic E-state index is 3.79. The van der Waals surface area contributed by atoms with Crippen molar-refractivity contribution < 1.29 is 0 Å². The Bertz CT molecular complexity index is 243. The summed E-state index contributed by atoms with van der Waals surface area (Å²) < 4.78 is 0. The maximum absolute atomic E-state index is 3.79. The fourth-order valence-electron chi connectivity index (χ4n) is 2.82. The second kappa shape index (κ2) is 6.60. The summed E-state index contributed by atoms with van der Waals surface area (Å²) in [5, 5.41) is 3.79. The van der Waals surface area contributed by atoms with Crippen LogP contribution in [0.4, 0.5) is 0 Å². The number of hydrogen-bond acceptors (Lipinski definition) is 4. The van der Waals surface area contributed by atoms with Crippen LogP contribution in [0, 0.1) is 0 Å². The van der Waals surface area contributed by atoms with Gasteiger partial charge in [-0.3, -0.25) is 4.90 Å². The van der Waals surface area contributed by atoms with Gasteiger partial charge in [0.15, 0.2) is 0 Å². The lowest BCUT2D eigenvalue weighted by Gasteiger charge is -2.44. The Kier molecular flexibility index (Phi) is 5.36. The summed E-state index contributed by atoms with van der Waals surface area (Å²) in [5.41, 5.74) is 0.295. The first-order valence-corrected chi connectivity index (χ1v) is 8.48. The second-order valence-corrected chi connectivity index (χ2v) is 7.55. The Morgan fingerprint density at radius 1 is 1.22 bits per heavy atom. The number of piperazine rings is 1. The predicted octanol–water partition coefficient (Wildman–Crippen LogP) is 1.50. The van der Waals surface area contributed by atoms with Gasteiger partial charge in [-0.15, -0.1) is 0 Å². The van der Waals surface area contributed by atoms with Crippen molar-refractivity contribution in [3.05, 3.63) is 0 Å². The summed E-state index contributed by atoms with van der Waals surface area (Å²) >= 11 is 2.11. The van der Waals surface area contributed by atoms with E-state index in [0.717, 1.165) is 12.6 Å². The average molecular weight is 271 g/mol. The molecule has 106 valence electrons. The van der Waals surface area contributed by atoms with Crippen LogP contribution in [0.3, 0.4) is 0 Å². The highest BCUT2D eigenvalue weighted by Crippen LogP contribution is 2.19. The highest BCUT2D eigenvalue weighted by Gasteiger charge is 2.29. The van der Waals surface area contributed by atoms with Gasteiger partial charge in [0.2, 0.25) is 0 Å². The van der Waals surface area contributed by atoms with Gasteiger partial charge in [-0.05, 0) is 39.5 Å². The Hall–Kier alpha value is 0.230. The van der Waals surface area contributed by atoms with Gasteiger partial charge in [0.1, 0.15) is 0 Å². The van der Waals surface area contributed by atoms with Crippen LogP contribution in [0.1, 0.15) is 26.7 Å². The van der Waals surface area contributed by atoms with Crippen molar-refractivity contribution >= 4 is 11.8 Å². The van der Waals surface area contributed by atoms with Crippen LogP contribution < -0.4 is 5.32 Å². The summed E-state index contributed by atoms with van der Waals surface area (Å²) in [7, 11) is 2.22. The Morgan fingerprint density at radius 2 is 1.94 bits per heavy atom. The topological polar surface area (TPSA) is 18.5 Å². The van der Waals surface area contributed by atoms with E-state index in [0.29, 0.717) is 5.54 Å². The van der Waals surface area contributed by atoms with Gasteiger partial charge in [-0.1, -0.05) is 0 Å². The quantitative estimate of drug-likeness (QED) is 0.835. The minimum Gasteiger partial charge on any atom is -0.311 e. The van der Waals surface area contributed by atoms with Crippen LogP contribution in [-0.2, 0) is 0 Å². The number of nitrogens with one attached hydrogen (secondary N) is 1. The van der Waals surface area contributed by atoms with Gasteiger partial charge in [0.25, 0.3) is 0 Å². The normalized spacial score (nSPS) is 28.5. The van der Waals surface area contributed by atoms with Crippen LogP contribution >= 0.6 is 11.8 Å². The SMILES string of the molecule is CN1CCN(C(C)(C)CNC2CCCSC2)CC1. The number of hydrogen-bond donors (Lipinski definition) is 1. The highest BCUT2D eigenvalue weighted by molar-refractivity contribution is 7.99. The Labute approximate surface area is 117 Å². The van der Waals surface area contributed by atoms with Crippen molar-refractivity contribution in [2.24, 2.45) is 0 Å². The zero-order valence-corrected chi connectivity index (χ0v) is 13.1. The molecule has 1 N–H and O–H groups in total. The van der Waals surface area contributed by atoms with E-state index in [1.807, 2.05) is 0 Å². The Balaban J connectivity index is 1.75. The minimum atomic E-state index is 0.295. The molecule has 3 nitrogen and oxygen atoms in total. The fourth-order valence-corrected chi connectivity index (χ4v) is 3.93. The van der Waals surface area contributed by atoms with Crippen LogP contribution in [0.15, 0.2) is 0 Å². The molecule has 2 aliphatic heterocycles. The first kappa shape index (κ1) is 14.6. The van der Waals surface area contributed by atoms with Crippen LogP contribution in [0.2, 0.25) is 0 Å². The molecule has 0 aromatic heterocycles. The molecule has 2 saturated heterocycles. The molecule has 2 heterocycles. The first-order chi connectivity index (χ1) is 8.58.